The van der Waals surface area contributed by atoms with Crippen LogP contribution in [0.25, 0.3) is 22.5 Å². The van der Waals surface area contributed by atoms with Gasteiger partial charge in [0, 0.05) is 11.1 Å². The number of aromatic amines is 1. The van der Waals surface area contributed by atoms with Crippen molar-refractivity contribution in [2.75, 3.05) is 6.61 Å². The molecular weight excluding hydrogens is 442 g/mol. The van der Waals surface area contributed by atoms with Crippen LogP contribution in [0.5, 0.6) is 5.75 Å². The molecule has 0 spiro atoms. The van der Waals surface area contributed by atoms with Crippen molar-refractivity contribution in [3.63, 3.8) is 0 Å². The lowest BCUT2D eigenvalue weighted by atomic mass is 10.0. The largest absolute Gasteiger partial charge is 0.491 e. The second-order valence-electron chi connectivity index (χ2n) is 7.66. The number of aromatic nitrogens is 2. The van der Waals surface area contributed by atoms with Crippen LogP contribution >= 0.6 is 11.6 Å². The molecule has 0 saturated heterocycles. The Morgan fingerprint density at radius 2 is 1.73 bits per heavy atom. The van der Waals surface area contributed by atoms with Gasteiger partial charge in [-0.3, -0.25) is 9.51 Å². The van der Waals surface area contributed by atoms with Crippen molar-refractivity contribution in [2.45, 2.75) is 19.1 Å². The van der Waals surface area contributed by atoms with Crippen LogP contribution in [-0.2, 0) is 4.74 Å². The monoisotopic (exact) mass is 461 g/mol. The number of hydrogen-bond donors (Lipinski definition) is 1. The van der Waals surface area contributed by atoms with E-state index in [1.165, 1.54) is 0 Å². The molecule has 0 amide bonds. The number of hydrogen-bond acceptors (Lipinski definition) is 6. The molecule has 2 heterocycles. The van der Waals surface area contributed by atoms with Crippen molar-refractivity contribution in [3.05, 3.63) is 93.9 Å². The quantitative estimate of drug-likeness (QED) is 0.438. The van der Waals surface area contributed by atoms with Gasteiger partial charge >= 0.3 is 5.76 Å². The maximum absolute atomic E-state index is 11.2. The van der Waals surface area contributed by atoms with E-state index in [-0.39, 0.29) is 18.0 Å². The highest BCUT2D eigenvalue weighted by molar-refractivity contribution is 6.33. The number of benzene rings is 3. The van der Waals surface area contributed by atoms with Crippen LogP contribution in [0.15, 0.2) is 87.1 Å². The second-order valence-corrected chi connectivity index (χ2v) is 8.07. The number of halogens is 1. The molecule has 1 aromatic heterocycles. The van der Waals surface area contributed by atoms with E-state index < -0.39 is 5.76 Å². The standard InChI is InChI=1S/C25H20ClN3O4/c1-15-22(14-31-19-11-12-20(21(26)13-19)23-28-25(30)33-29-23)27-24(32-15)18-9-7-17(8-10-18)16-5-3-2-4-6-16/h2-13,15,22H,14H2,1H3,(H,28,29,30). The molecule has 33 heavy (non-hydrogen) atoms. The van der Waals surface area contributed by atoms with E-state index >= 15 is 0 Å². The molecule has 8 heteroatoms. The summed E-state index contributed by atoms with van der Waals surface area (Å²) in [7, 11) is 0. The lowest BCUT2D eigenvalue weighted by Gasteiger charge is -2.14. The van der Waals surface area contributed by atoms with Gasteiger partial charge in [0.25, 0.3) is 0 Å². The topological polar surface area (TPSA) is 89.7 Å². The Kier molecular flexibility index (Phi) is 5.71. The van der Waals surface area contributed by atoms with Crippen molar-refractivity contribution >= 4 is 17.5 Å². The maximum Gasteiger partial charge on any atom is 0.439 e. The Bertz CT molecular complexity index is 1350. The molecule has 0 radical (unpaired) electrons. The van der Waals surface area contributed by atoms with Crippen molar-refractivity contribution in [3.8, 4) is 28.3 Å². The van der Waals surface area contributed by atoms with Gasteiger partial charge in [-0.15, -0.1) is 0 Å². The molecule has 5 rings (SSSR count). The number of aliphatic imine (C=N–C) groups is 1. The first-order chi connectivity index (χ1) is 16.1. The Hall–Kier alpha value is -3.84. The van der Waals surface area contributed by atoms with Crippen molar-refractivity contribution < 1.29 is 14.0 Å². The smallest absolute Gasteiger partial charge is 0.439 e. The fraction of sp³-hybridized carbons (Fsp3) is 0.160. The van der Waals surface area contributed by atoms with Crippen molar-refractivity contribution in [1.29, 1.82) is 0 Å². The summed E-state index contributed by atoms with van der Waals surface area (Å²) in [5, 5.41) is 4.04. The third kappa shape index (κ3) is 4.54. The number of rotatable bonds is 6. The predicted octanol–water partition coefficient (Wildman–Crippen LogP) is 4.96. The van der Waals surface area contributed by atoms with Gasteiger partial charge in [0.1, 0.15) is 24.5 Å². The third-order valence-electron chi connectivity index (χ3n) is 5.42. The van der Waals surface area contributed by atoms with Gasteiger partial charge < -0.3 is 9.47 Å². The van der Waals surface area contributed by atoms with Crippen LogP contribution in [-0.4, -0.2) is 34.8 Å². The van der Waals surface area contributed by atoms with Crippen LogP contribution in [0.1, 0.15) is 12.5 Å². The summed E-state index contributed by atoms with van der Waals surface area (Å²) in [6.07, 6.45) is -0.122. The molecule has 0 bridgehead atoms. The first-order valence-corrected chi connectivity index (χ1v) is 10.8. The molecule has 7 nitrogen and oxygen atoms in total. The van der Waals surface area contributed by atoms with E-state index in [0.717, 1.165) is 16.7 Å². The van der Waals surface area contributed by atoms with E-state index in [1.54, 1.807) is 18.2 Å². The van der Waals surface area contributed by atoms with Gasteiger partial charge in [0.05, 0.1) is 5.02 Å². The maximum atomic E-state index is 11.2. The molecule has 2 unspecified atom stereocenters. The fourth-order valence-electron chi connectivity index (χ4n) is 3.60. The Balaban J connectivity index is 1.26. The minimum absolute atomic E-state index is 0.122. The Morgan fingerprint density at radius 1 is 1.00 bits per heavy atom. The van der Waals surface area contributed by atoms with E-state index in [0.29, 0.717) is 28.8 Å². The van der Waals surface area contributed by atoms with Crippen LogP contribution < -0.4 is 10.5 Å². The zero-order chi connectivity index (χ0) is 22.8. The summed E-state index contributed by atoms with van der Waals surface area (Å²) >= 11 is 6.32. The molecule has 4 aromatic rings. The molecule has 0 aliphatic carbocycles. The Morgan fingerprint density at radius 3 is 2.42 bits per heavy atom. The minimum Gasteiger partial charge on any atom is -0.491 e. The van der Waals surface area contributed by atoms with Gasteiger partial charge in [0.15, 0.2) is 5.82 Å². The first-order valence-electron chi connectivity index (χ1n) is 10.5. The molecule has 0 fully saturated rings. The lowest BCUT2D eigenvalue weighted by molar-refractivity contribution is 0.174. The van der Waals surface area contributed by atoms with Gasteiger partial charge in [-0.25, -0.2) is 9.79 Å². The molecule has 1 N–H and O–H groups in total. The summed E-state index contributed by atoms with van der Waals surface area (Å²) in [4.78, 5) is 18.4. The van der Waals surface area contributed by atoms with Crippen LogP contribution in [0, 0.1) is 0 Å². The number of ether oxygens (including phenoxy) is 2. The predicted molar refractivity (Wildman–Crippen MR) is 126 cm³/mol. The fourth-order valence-corrected chi connectivity index (χ4v) is 3.86. The lowest BCUT2D eigenvalue weighted by Crippen LogP contribution is -2.25. The van der Waals surface area contributed by atoms with Crippen molar-refractivity contribution in [2.24, 2.45) is 4.99 Å². The van der Waals surface area contributed by atoms with E-state index in [4.69, 9.17) is 26.1 Å². The molecule has 2 atom stereocenters. The van der Waals surface area contributed by atoms with Crippen LogP contribution in [0.3, 0.4) is 0 Å². The zero-order valence-corrected chi connectivity index (χ0v) is 18.5. The normalized spacial score (nSPS) is 17.5. The number of nitrogens with zero attached hydrogens (tertiary/aromatic N) is 2. The second kappa shape index (κ2) is 8.96. The van der Waals surface area contributed by atoms with Crippen molar-refractivity contribution in [1.82, 2.24) is 10.1 Å². The Labute approximate surface area is 194 Å². The summed E-state index contributed by atoms with van der Waals surface area (Å²) in [6, 6.07) is 23.4. The molecule has 1 aliphatic rings. The molecule has 0 saturated carbocycles. The number of H-pyrrole nitrogens is 1. The minimum atomic E-state index is -0.639. The van der Waals surface area contributed by atoms with E-state index in [1.807, 2.05) is 37.3 Å². The van der Waals surface area contributed by atoms with Gasteiger partial charge in [-0.05, 0) is 48.4 Å². The van der Waals surface area contributed by atoms with E-state index in [2.05, 4.69) is 38.9 Å². The molecule has 3 aromatic carbocycles. The average Bonchev–Trinajstić information content (AvgIpc) is 3.43. The highest BCUT2D eigenvalue weighted by Crippen LogP contribution is 2.29. The summed E-state index contributed by atoms with van der Waals surface area (Å²) in [6.45, 7) is 2.31. The summed E-state index contributed by atoms with van der Waals surface area (Å²) in [5.74, 6) is 0.818. The molecule has 1 aliphatic heterocycles. The zero-order valence-electron chi connectivity index (χ0n) is 17.7. The van der Waals surface area contributed by atoms with Gasteiger partial charge in [-0.2, -0.15) is 0 Å². The average molecular weight is 462 g/mol. The number of nitrogens with one attached hydrogen (secondary N) is 1. The van der Waals surface area contributed by atoms with Crippen LogP contribution in [0.2, 0.25) is 5.02 Å². The highest BCUT2D eigenvalue weighted by Gasteiger charge is 2.28. The van der Waals surface area contributed by atoms with E-state index in [9.17, 15) is 4.79 Å². The van der Waals surface area contributed by atoms with Crippen LogP contribution in [0.4, 0.5) is 0 Å². The molecule has 166 valence electrons. The first kappa shape index (κ1) is 21.0. The van der Waals surface area contributed by atoms with Gasteiger partial charge in [0.2, 0.25) is 5.90 Å². The third-order valence-corrected chi connectivity index (χ3v) is 5.73. The SMILES string of the molecule is CC1OC(c2ccc(-c3ccccc3)cc2)=NC1COc1ccc(-c2noc(=O)[nH]2)c(Cl)c1. The highest BCUT2D eigenvalue weighted by atomic mass is 35.5. The molecular formula is C25H20ClN3O4. The van der Waals surface area contributed by atoms with Gasteiger partial charge in [-0.1, -0.05) is 59.2 Å². The summed E-state index contributed by atoms with van der Waals surface area (Å²) < 4.78 is 16.4. The summed E-state index contributed by atoms with van der Waals surface area (Å²) in [5.41, 5.74) is 3.78.